The zero-order chi connectivity index (χ0) is 32.7. The second-order valence-electron chi connectivity index (χ2n) is 4.53. The van der Waals surface area contributed by atoms with Crippen LogP contribution in [0.2, 0.25) is 0 Å². The summed E-state index contributed by atoms with van der Waals surface area (Å²) in [7, 11) is 0. The Labute approximate surface area is 163 Å². The summed E-state index contributed by atoms with van der Waals surface area (Å²) in [5, 5.41) is 11.1. The molecule has 2 N–H and O–H groups in total. The third-order valence-corrected chi connectivity index (χ3v) is 2.85. The highest BCUT2D eigenvalue weighted by molar-refractivity contribution is 5.85. The summed E-state index contributed by atoms with van der Waals surface area (Å²) < 4.78 is 147. The van der Waals surface area contributed by atoms with E-state index in [2.05, 4.69) is 0 Å². The van der Waals surface area contributed by atoms with Gasteiger partial charge < -0.3 is 10.4 Å². The molecule has 0 bridgehead atoms. The Bertz CT molecular complexity index is 1150. The molecule has 2 rings (SSSR count). The number of carboxylic acids is 1. The molecule has 1 aliphatic carbocycles. The van der Waals surface area contributed by atoms with Crippen LogP contribution in [0.4, 0.5) is 0 Å². The van der Waals surface area contributed by atoms with Gasteiger partial charge in [-0.2, -0.15) is 0 Å². The summed E-state index contributed by atoms with van der Waals surface area (Å²) in [5.41, 5.74) is 0.115. The maximum atomic E-state index is 13.5. The molecule has 0 radical (unpaired) electrons. The lowest BCUT2D eigenvalue weighted by Gasteiger charge is -2.30. The molecule has 0 aromatic heterocycles. The number of rotatable bonds is 6. The molecular formula is C19H27NO3. The molecule has 4 heteroatoms. The minimum Gasteiger partial charge on any atom is -0.480 e. The van der Waals surface area contributed by atoms with Crippen molar-refractivity contribution in [2.75, 3.05) is 0 Å². The molecule has 1 saturated carbocycles. The van der Waals surface area contributed by atoms with Crippen LogP contribution in [0.3, 0.4) is 0 Å². The van der Waals surface area contributed by atoms with Gasteiger partial charge in [0.15, 0.2) is 0 Å². The van der Waals surface area contributed by atoms with Gasteiger partial charge in [-0.3, -0.25) is 4.79 Å². The largest absolute Gasteiger partial charge is 0.480 e. The molecule has 4 nitrogen and oxygen atoms in total. The fourth-order valence-electron chi connectivity index (χ4n) is 1.72. The number of carbonyl (C=O) groups excluding carboxylic acids is 1. The molecular weight excluding hydrogens is 290 g/mol. The fourth-order valence-corrected chi connectivity index (χ4v) is 1.72. The predicted molar refractivity (Wildman–Crippen MR) is 90.0 cm³/mol. The Hall–Kier alpha value is -1.84. The Balaban J connectivity index is 2.91. The number of nitrogens with one attached hydrogen (secondary N) is 1. The van der Waals surface area contributed by atoms with Gasteiger partial charge in [-0.1, -0.05) is 44.0 Å². The lowest BCUT2D eigenvalue weighted by Crippen LogP contribution is -2.45. The van der Waals surface area contributed by atoms with E-state index in [0.717, 1.165) is 0 Å². The van der Waals surface area contributed by atoms with E-state index in [1.54, 1.807) is 0 Å². The van der Waals surface area contributed by atoms with E-state index in [-0.39, 0.29) is 5.56 Å². The van der Waals surface area contributed by atoms with Crippen LogP contribution < -0.4 is 5.32 Å². The van der Waals surface area contributed by atoms with Crippen LogP contribution >= 0.6 is 0 Å². The van der Waals surface area contributed by atoms with Gasteiger partial charge in [0.05, 0.1) is 1.37 Å². The topological polar surface area (TPSA) is 66.4 Å². The molecule has 1 aromatic rings. The average Bonchev–Trinajstić information content (AvgIpc) is 2.79. The van der Waals surface area contributed by atoms with E-state index in [0.29, 0.717) is 0 Å². The second kappa shape index (κ2) is 8.14. The quantitative estimate of drug-likeness (QED) is 0.838. The van der Waals surface area contributed by atoms with Gasteiger partial charge in [0, 0.05) is 35.6 Å². The van der Waals surface area contributed by atoms with Crippen LogP contribution in [0.15, 0.2) is 30.3 Å². The standard InChI is InChI=1S/C19H27NO3/c1-13(2)15-8-10-16(11-9-15)18(21)20-17(19(22)23)12-14-6-4-3-5-7-14/h3-7,13,15-17H,8-12H2,1-2H3,(H,20,21)(H,22,23)/t15?,16?,17-/m0/s1/i1D3,2D3,8D2,9D2,10D2,11D2,13D,15D,16D,17D. The zero-order valence-electron chi connectivity index (χ0n) is 29.9. The van der Waals surface area contributed by atoms with Gasteiger partial charge in [-0.25, -0.2) is 4.79 Å². The molecule has 1 aliphatic rings. The Morgan fingerprint density at radius 1 is 1.35 bits per heavy atom. The number of carboxylic acid groups (broad SMARTS) is 1. The van der Waals surface area contributed by atoms with Crippen LogP contribution in [-0.2, 0) is 16.0 Å². The molecule has 1 atom stereocenters. The highest BCUT2D eigenvalue weighted by Crippen LogP contribution is 2.33. The van der Waals surface area contributed by atoms with Crippen molar-refractivity contribution in [3.63, 3.8) is 0 Å². The summed E-state index contributed by atoms with van der Waals surface area (Å²) in [5.74, 6) is -18.2. The van der Waals surface area contributed by atoms with Crippen molar-refractivity contribution in [3.05, 3.63) is 35.9 Å². The summed E-state index contributed by atoms with van der Waals surface area (Å²) in [6.45, 7) is -8.57. The van der Waals surface area contributed by atoms with E-state index in [9.17, 15) is 14.7 Å². The zero-order valence-corrected chi connectivity index (χ0v) is 11.9. The monoisotopic (exact) mass is 335 g/mol. The number of hydrogen-bond donors (Lipinski definition) is 2. The SMILES string of the molecule is [2H]C([2H])([2H])C([2H])(C([2H])([2H])[2H])C1([2H])C([2H])([2H])C([2H])([2H])C([2H])(C(=O)N[C@@]([2H])(Cc2ccccc2)C(=O)O)C([2H])([2H])C1([2H])[2H]. The minimum atomic E-state index is -4.71. The van der Waals surface area contributed by atoms with Crippen LogP contribution in [0.25, 0.3) is 0 Å². The van der Waals surface area contributed by atoms with Crippen molar-refractivity contribution in [1.29, 1.82) is 0 Å². The molecule has 1 aromatic carbocycles. The molecule has 0 spiro atoms. The number of benzene rings is 1. The van der Waals surface area contributed by atoms with Gasteiger partial charge in [-0.05, 0) is 42.8 Å². The molecule has 1 fully saturated rings. The fraction of sp³-hybridized carbons (Fsp3) is 0.579. The van der Waals surface area contributed by atoms with E-state index < -0.39 is 81.2 Å². The van der Waals surface area contributed by atoms with Crippen molar-refractivity contribution in [2.24, 2.45) is 17.7 Å². The molecule has 0 aliphatic heterocycles. The molecule has 0 saturated heterocycles. The van der Waals surface area contributed by atoms with Crippen molar-refractivity contribution < 1.29 is 39.4 Å². The van der Waals surface area contributed by atoms with Gasteiger partial charge in [0.25, 0.3) is 0 Å². The predicted octanol–water partition coefficient (Wildman–Crippen LogP) is 3.26. The number of aliphatic carboxylic acids is 1. The van der Waals surface area contributed by atoms with Crippen LogP contribution in [0.5, 0.6) is 0 Å². The van der Waals surface area contributed by atoms with Gasteiger partial charge in [-0.15, -0.1) is 0 Å². The first kappa shape index (κ1) is 5.33. The molecule has 23 heavy (non-hydrogen) atoms. The highest BCUT2D eigenvalue weighted by atomic mass is 16.4. The van der Waals surface area contributed by atoms with E-state index in [1.807, 2.05) is 0 Å². The van der Waals surface area contributed by atoms with Crippen LogP contribution in [0, 0.1) is 17.7 Å². The Morgan fingerprint density at radius 2 is 2.00 bits per heavy atom. The first-order valence-electron chi connectivity index (χ1n) is 15.5. The smallest absolute Gasteiger partial charge is 0.326 e. The third kappa shape index (κ3) is 5.08. The normalized spacial score (nSPS) is 52.2. The van der Waals surface area contributed by atoms with Crippen molar-refractivity contribution in [1.82, 2.24) is 5.32 Å². The van der Waals surface area contributed by atoms with E-state index in [1.165, 1.54) is 35.6 Å². The lowest BCUT2D eigenvalue weighted by molar-refractivity contribution is -0.142. The third-order valence-electron chi connectivity index (χ3n) is 2.85. The number of hydrogen-bond acceptors (Lipinski definition) is 2. The summed E-state index contributed by atoms with van der Waals surface area (Å²) >= 11 is 0. The summed E-state index contributed by atoms with van der Waals surface area (Å²) in [6.07, 6.45) is -19.2. The van der Waals surface area contributed by atoms with Crippen LogP contribution in [-0.4, -0.2) is 23.0 Å². The van der Waals surface area contributed by atoms with E-state index >= 15 is 0 Å². The maximum Gasteiger partial charge on any atom is 0.326 e. The summed E-state index contributed by atoms with van der Waals surface area (Å²) in [4.78, 5) is 25.5. The number of carbonyl (C=O) groups is 2. The van der Waals surface area contributed by atoms with Gasteiger partial charge in [0.1, 0.15) is 6.02 Å². The van der Waals surface area contributed by atoms with Crippen molar-refractivity contribution in [2.45, 2.75) is 51.6 Å². The Morgan fingerprint density at radius 3 is 2.57 bits per heavy atom. The van der Waals surface area contributed by atoms with Crippen molar-refractivity contribution in [3.8, 4) is 0 Å². The van der Waals surface area contributed by atoms with Gasteiger partial charge in [0.2, 0.25) is 5.91 Å². The molecule has 0 unspecified atom stereocenters. The molecule has 0 heterocycles. The lowest BCUT2D eigenvalue weighted by atomic mass is 9.76. The maximum absolute atomic E-state index is 13.5. The van der Waals surface area contributed by atoms with Crippen molar-refractivity contribution >= 4 is 11.9 Å². The first-order valence-corrected chi connectivity index (χ1v) is 6.50. The number of amides is 1. The first-order chi connectivity index (χ1) is 17.9. The molecule has 126 valence electrons. The van der Waals surface area contributed by atoms with Gasteiger partial charge >= 0.3 is 5.97 Å². The van der Waals surface area contributed by atoms with Crippen LogP contribution in [0.1, 0.15) is 69.4 Å². The summed E-state index contributed by atoms with van der Waals surface area (Å²) in [6, 6.07) is 3.90. The molecule has 1 amide bonds. The van der Waals surface area contributed by atoms with E-state index in [4.69, 9.17) is 24.7 Å². The average molecular weight is 336 g/mol. The second-order valence-corrected chi connectivity index (χ2v) is 4.53. The minimum absolute atomic E-state index is 0.115. The highest BCUT2D eigenvalue weighted by Gasteiger charge is 2.30. The Kier molecular flexibility index (Phi) is 1.89.